The van der Waals surface area contributed by atoms with Crippen LogP contribution in [0.1, 0.15) is 42.2 Å². The maximum atomic E-state index is 11.4. The van der Waals surface area contributed by atoms with Gasteiger partial charge in [-0.15, -0.1) is 11.6 Å². The fourth-order valence-corrected chi connectivity index (χ4v) is 2.36. The molecule has 2 amide bonds. The minimum Gasteiger partial charge on any atom is -0.364 e. The number of carbonyl (C=O) groups is 2. The van der Waals surface area contributed by atoms with Crippen molar-refractivity contribution in [1.82, 2.24) is 9.55 Å². The van der Waals surface area contributed by atoms with Crippen molar-refractivity contribution in [2.75, 3.05) is 11.2 Å². The van der Waals surface area contributed by atoms with Crippen molar-refractivity contribution in [1.29, 1.82) is 0 Å². The maximum absolute atomic E-state index is 11.4. The third kappa shape index (κ3) is 2.48. The molecule has 18 heavy (non-hydrogen) atoms. The summed E-state index contributed by atoms with van der Waals surface area (Å²) in [6.45, 7) is 0. The van der Waals surface area contributed by atoms with E-state index in [1.807, 2.05) is 4.57 Å². The van der Waals surface area contributed by atoms with E-state index in [9.17, 15) is 9.59 Å². The summed E-state index contributed by atoms with van der Waals surface area (Å²) in [6.07, 6.45) is 5.85. The molecule has 0 aliphatic heterocycles. The van der Waals surface area contributed by atoms with Gasteiger partial charge in [0.25, 0.3) is 5.91 Å². The zero-order chi connectivity index (χ0) is 13.1. The number of imidazole rings is 1. The molecule has 0 unspecified atom stereocenters. The van der Waals surface area contributed by atoms with Gasteiger partial charge >= 0.3 is 0 Å². The number of primary amides is 1. The van der Waals surface area contributed by atoms with Crippen LogP contribution in [0.5, 0.6) is 0 Å². The lowest BCUT2D eigenvalue weighted by Gasteiger charge is -2.15. The highest BCUT2D eigenvalue weighted by Gasteiger charge is 2.24. The molecule has 1 aromatic rings. The van der Waals surface area contributed by atoms with E-state index in [1.54, 1.807) is 6.33 Å². The number of hydrogen-bond donors (Lipinski definition) is 2. The summed E-state index contributed by atoms with van der Waals surface area (Å²) in [5.41, 5.74) is 5.33. The zero-order valence-electron chi connectivity index (χ0n) is 9.86. The van der Waals surface area contributed by atoms with Gasteiger partial charge in [0.15, 0.2) is 5.69 Å². The Labute approximate surface area is 109 Å². The Hall–Kier alpha value is -1.56. The fraction of sp³-hybridized carbons (Fsp3) is 0.545. The quantitative estimate of drug-likeness (QED) is 0.808. The van der Waals surface area contributed by atoms with E-state index < -0.39 is 5.91 Å². The van der Waals surface area contributed by atoms with Crippen molar-refractivity contribution < 1.29 is 9.59 Å². The maximum Gasteiger partial charge on any atom is 0.271 e. The summed E-state index contributed by atoms with van der Waals surface area (Å²) in [7, 11) is 0. The van der Waals surface area contributed by atoms with Crippen molar-refractivity contribution in [3.8, 4) is 0 Å². The second kappa shape index (κ2) is 5.39. The summed E-state index contributed by atoms with van der Waals surface area (Å²) in [5, 5.41) is 2.60. The van der Waals surface area contributed by atoms with E-state index in [2.05, 4.69) is 10.3 Å². The third-order valence-electron chi connectivity index (χ3n) is 3.12. The van der Waals surface area contributed by atoms with Gasteiger partial charge in [0.1, 0.15) is 11.7 Å². The summed E-state index contributed by atoms with van der Waals surface area (Å²) < 4.78 is 1.82. The lowest BCUT2D eigenvalue weighted by Crippen LogP contribution is -2.21. The van der Waals surface area contributed by atoms with Crippen LogP contribution in [0.15, 0.2) is 6.33 Å². The van der Waals surface area contributed by atoms with Crippen LogP contribution in [0.3, 0.4) is 0 Å². The first-order valence-corrected chi connectivity index (χ1v) is 6.39. The number of hydrogen-bond acceptors (Lipinski definition) is 3. The first-order chi connectivity index (χ1) is 8.63. The summed E-state index contributed by atoms with van der Waals surface area (Å²) >= 11 is 5.45. The number of nitrogens with one attached hydrogen (secondary N) is 1. The average Bonchev–Trinajstić information content (AvgIpc) is 2.96. The largest absolute Gasteiger partial charge is 0.364 e. The van der Waals surface area contributed by atoms with E-state index >= 15 is 0 Å². The van der Waals surface area contributed by atoms with Crippen LogP contribution < -0.4 is 11.1 Å². The molecule has 1 aliphatic rings. The van der Waals surface area contributed by atoms with E-state index in [1.165, 1.54) is 0 Å². The highest BCUT2D eigenvalue weighted by Crippen LogP contribution is 2.32. The third-order valence-corrected chi connectivity index (χ3v) is 3.37. The van der Waals surface area contributed by atoms with Gasteiger partial charge in [-0.3, -0.25) is 9.59 Å². The first kappa shape index (κ1) is 12.9. The number of halogens is 1. The number of amides is 2. The molecule has 0 radical (unpaired) electrons. The summed E-state index contributed by atoms with van der Waals surface area (Å²) in [4.78, 5) is 26.6. The number of anilines is 1. The SMILES string of the molecule is NC(=O)c1ncn(C2CCCC2)c1NC(=O)CCl. The molecular formula is C11H15ClN4O2. The second-order valence-corrected chi connectivity index (χ2v) is 4.60. The number of rotatable bonds is 4. The number of carbonyl (C=O) groups excluding carboxylic acids is 2. The van der Waals surface area contributed by atoms with Crippen LogP contribution in [0.25, 0.3) is 0 Å². The molecule has 1 heterocycles. The normalized spacial score (nSPS) is 15.8. The van der Waals surface area contributed by atoms with Gasteiger partial charge in [0.2, 0.25) is 5.91 Å². The van der Waals surface area contributed by atoms with Gasteiger partial charge in [-0.1, -0.05) is 12.8 Å². The standard InChI is InChI=1S/C11H15ClN4O2/c12-5-8(17)15-11-9(10(13)18)14-6-16(11)7-3-1-2-4-7/h6-7H,1-5H2,(H2,13,18)(H,15,17). The average molecular weight is 271 g/mol. The topological polar surface area (TPSA) is 90.0 Å². The fourth-order valence-electron chi connectivity index (χ4n) is 2.29. The lowest BCUT2D eigenvalue weighted by atomic mass is 10.2. The monoisotopic (exact) mass is 270 g/mol. The van der Waals surface area contributed by atoms with Crippen LogP contribution in [0, 0.1) is 0 Å². The zero-order valence-corrected chi connectivity index (χ0v) is 10.6. The molecule has 0 saturated heterocycles. The van der Waals surface area contributed by atoms with Gasteiger partial charge in [0, 0.05) is 6.04 Å². The molecule has 1 fully saturated rings. The van der Waals surface area contributed by atoms with Crippen molar-refractivity contribution in [3.63, 3.8) is 0 Å². The molecule has 0 aromatic carbocycles. The number of aromatic nitrogens is 2. The molecule has 0 atom stereocenters. The molecular weight excluding hydrogens is 256 g/mol. The van der Waals surface area contributed by atoms with Gasteiger partial charge in [-0.2, -0.15) is 0 Å². The van der Waals surface area contributed by atoms with Crippen LogP contribution in [-0.2, 0) is 4.79 Å². The summed E-state index contributed by atoms with van der Waals surface area (Å²) in [5.74, 6) is -0.843. The summed E-state index contributed by atoms with van der Waals surface area (Å²) in [6, 6.07) is 0.260. The molecule has 1 aliphatic carbocycles. The van der Waals surface area contributed by atoms with Crippen molar-refractivity contribution >= 4 is 29.2 Å². The van der Waals surface area contributed by atoms with Crippen molar-refractivity contribution in [3.05, 3.63) is 12.0 Å². The van der Waals surface area contributed by atoms with Gasteiger partial charge in [0.05, 0.1) is 6.33 Å². The predicted octanol–water partition coefficient (Wildman–Crippen LogP) is 1.27. The van der Waals surface area contributed by atoms with E-state index in [0.717, 1.165) is 25.7 Å². The molecule has 0 bridgehead atoms. The molecule has 6 nitrogen and oxygen atoms in total. The Morgan fingerprint density at radius 2 is 2.17 bits per heavy atom. The van der Waals surface area contributed by atoms with E-state index in [4.69, 9.17) is 17.3 Å². The molecule has 1 aromatic heterocycles. The number of alkyl halides is 1. The predicted molar refractivity (Wildman–Crippen MR) is 67.6 cm³/mol. The van der Waals surface area contributed by atoms with Gasteiger partial charge in [-0.05, 0) is 12.8 Å². The van der Waals surface area contributed by atoms with Crippen molar-refractivity contribution in [2.24, 2.45) is 5.73 Å². The Balaban J connectivity index is 2.33. The van der Waals surface area contributed by atoms with Crippen molar-refractivity contribution in [2.45, 2.75) is 31.7 Å². The van der Waals surface area contributed by atoms with E-state index in [-0.39, 0.29) is 23.5 Å². The van der Waals surface area contributed by atoms with Crippen LogP contribution in [-0.4, -0.2) is 27.2 Å². The number of nitrogens with zero attached hydrogens (tertiary/aromatic N) is 2. The Morgan fingerprint density at radius 3 is 2.72 bits per heavy atom. The van der Waals surface area contributed by atoms with E-state index in [0.29, 0.717) is 5.82 Å². The molecule has 98 valence electrons. The van der Waals surface area contributed by atoms with Gasteiger partial charge < -0.3 is 15.6 Å². The highest BCUT2D eigenvalue weighted by atomic mass is 35.5. The van der Waals surface area contributed by atoms with Gasteiger partial charge in [-0.25, -0.2) is 4.98 Å². The second-order valence-electron chi connectivity index (χ2n) is 4.33. The minimum absolute atomic E-state index is 0.0837. The molecule has 1 saturated carbocycles. The van der Waals surface area contributed by atoms with Crippen LogP contribution in [0.2, 0.25) is 0 Å². The lowest BCUT2D eigenvalue weighted by molar-refractivity contribution is -0.114. The Morgan fingerprint density at radius 1 is 1.50 bits per heavy atom. The molecule has 2 rings (SSSR count). The molecule has 3 N–H and O–H groups in total. The Bertz CT molecular complexity index is 466. The Kier molecular flexibility index (Phi) is 3.86. The molecule has 7 heteroatoms. The highest BCUT2D eigenvalue weighted by molar-refractivity contribution is 6.29. The first-order valence-electron chi connectivity index (χ1n) is 5.86. The van der Waals surface area contributed by atoms with Crippen LogP contribution in [0.4, 0.5) is 5.82 Å². The van der Waals surface area contributed by atoms with Crippen LogP contribution >= 0.6 is 11.6 Å². The number of nitrogens with two attached hydrogens (primary N) is 1. The smallest absolute Gasteiger partial charge is 0.271 e. The minimum atomic E-state index is -0.656. The molecule has 0 spiro atoms.